The highest BCUT2D eigenvalue weighted by molar-refractivity contribution is 7.98. The molecule has 3 rings (SSSR count). The average Bonchev–Trinajstić information content (AvgIpc) is 2.77. The van der Waals surface area contributed by atoms with Crippen molar-refractivity contribution < 1.29 is 13.2 Å². The average molecular weight is 536 g/mol. The highest BCUT2D eigenvalue weighted by Gasteiger charge is 2.31. The van der Waals surface area contributed by atoms with E-state index in [9.17, 15) is 13.2 Å². The maximum absolute atomic E-state index is 12.7. The van der Waals surface area contributed by atoms with Crippen LogP contribution in [-0.2, 0) is 26.3 Å². The van der Waals surface area contributed by atoms with Crippen LogP contribution in [0, 0.1) is 5.92 Å². The van der Waals surface area contributed by atoms with Crippen molar-refractivity contribution >= 4 is 62.5 Å². The lowest BCUT2D eigenvalue weighted by atomic mass is 9.97. The minimum Gasteiger partial charge on any atom is -0.355 e. The van der Waals surface area contributed by atoms with E-state index in [4.69, 9.17) is 34.8 Å². The van der Waals surface area contributed by atoms with Gasteiger partial charge >= 0.3 is 0 Å². The minimum atomic E-state index is -3.48. The smallest absolute Gasteiger partial charge is 0.223 e. The van der Waals surface area contributed by atoms with Gasteiger partial charge < -0.3 is 5.32 Å². The predicted molar refractivity (Wildman–Crippen MR) is 134 cm³/mol. The van der Waals surface area contributed by atoms with E-state index in [1.54, 1.807) is 30.0 Å². The molecule has 174 valence electrons. The molecule has 32 heavy (non-hydrogen) atoms. The molecule has 0 atom stereocenters. The molecule has 5 nitrogen and oxygen atoms in total. The molecular weight excluding hydrogens is 511 g/mol. The Bertz CT molecular complexity index is 1030. The summed E-state index contributed by atoms with van der Waals surface area (Å²) in [6.07, 6.45) is 1.04. The molecule has 1 aliphatic rings. The first-order valence-electron chi connectivity index (χ1n) is 10.3. The molecule has 2 aromatic rings. The second kappa shape index (κ2) is 12.0. The fourth-order valence-electron chi connectivity index (χ4n) is 3.49. The summed E-state index contributed by atoms with van der Waals surface area (Å²) in [6, 6.07) is 12.6. The highest BCUT2D eigenvalue weighted by atomic mass is 35.5. The van der Waals surface area contributed by atoms with E-state index in [0.717, 1.165) is 16.5 Å². The number of piperidine rings is 1. The normalized spacial score (nSPS) is 15.6. The van der Waals surface area contributed by atoms with Crippen LogP contribution in [-0.4, -0.2) is 44.0 Å². The van der Waals surface area contributed by atoms with Gasteiger partial charge in [0.05, 0.1) is 15.8 Å². The van der Waals surface area contributed by atoms with E-state index < -0.39 is 10.0 Å². The van der Waals surface area contributed by atoms with Crippen molar-refractivity contribution in [3.63, 3.8) is 0 Å². The second-order valence-corrected chi connectivity index (χ2v) is 12.0. The molecule has 1 aliphatic heterocycles. The van der Waals surface area contributed by atoms with Gasteiger partial charge in [0.15, 0.2) is 0 Å². The molecule has 1 saturated heterocycles. The van der Waals surface area contributed by atoms with Crippen molar-refractivity contribution in [3.05, 3.63) is 68.7 Å². The van der Waals surface area contributed by atoms with Gasteiger partial charge in [-0.15, -0.1) is 0 Å². The van der Waals surface area contributed by atoms with Gasteiger partial charge in [-0.25, -0.2) is 12.7 Å². The fraction of sp³-hybridized carbons (Fsp3) is 0.409. The third-order valence-electron chi connectivity index (χ3n) is 5.28. The SMILES string of the molecule is O=C(NCCSCc1ccc(Cl)cc1)C1CCN(S(=O)(=O)Cc2ccc(Cl)c(Cl)c2)CC1. The molecule has 10 heteroatoms. The van der Waals surface area contributed by atoms with Crippen molar-refractivity contribution in [2.24, 2.45) is 5.92 Å². The van der Waals surface area contributed by atoms with Gasteiger partial charge in [0.25, 0.3) is 0 Å². The van der Waals surface area contributed by atoms with Gasteiger partial charge in [0.2, 0.25) is 15.9 Å². The third-order valence-corrected chi connectivity index (χ3v) is 9.15. The van der Waals surface area contributed by atoms with E-state index in [0.29, 0.717) is 48.1 Å². The van der Waals surface area contributed by atoms with E-state index in [2.05, 4.69) is 5.32 Å². The van der Waals surface area contributed by atoms with Gasteiger partial charge in [-0.3, -0.25) is 4.79 Å². The van der Waals surface area contributed by atoms with Crippen molar-refractivity contribution in [1.29, 1.82) is 0 Å². The number of sulfonamides is 1. The number of amides is 1. The number of benzene rings is 2. The number of carbonyl (C=O) groups is 1. The summed E-state index contributed by atoms with van der Waals surface area (Å²) in [5.41, 5.74) is 1.79. The zero-order valence-corrected chi connectivity index (χ0v) is 21.3. The maximum Gasteiger partial charge on any atom is 0.223 e. The molecule has 0 unspecified atom stereocenters. The van der Waals surface area contributed by atoms with E-state index >= 15 is 0 Å². The molecule has 1 heterocycles. The highest BCUT2D eigenvalue weighted by Crippen LogP contribution is 2.26. The number of hydrogen-bond acceptors (Lipinski definition) is 4. The largest absolute Gasteiger partial charge is 0.355 e. The van der Waals surface area contributed by atoms with Crippen LogP contribution in [0.1, 0.15) is 24.0 Å². The zero-order chi connectivity index (χ0) is 23.1. The van der Waals surface area contributed by atoms with Crippen LogP contribution in [0.25, 0.3) is 0 Å². The van der Waals surface area contributed by atoms with E-state index in [1.165, 1.54) is 9.87 Å². The Balaban J connectivity index is 1.38. The van der Waals surface area contributed by atoms with Crippen LogP contribution in [0.4, 0.5) is 0 Å². The third kappa shape index (κ3) is 7.54. The Morgan fingerprint density at radius 3 is 2.31 bits per heavy atom. The number of thioether (sulfide) groups is 1. The molecule has 1 amide bonds. The summed E-state index contributed by atoms with van der Waals surface area (Å²) in [6.45, 7) is 1.27. The van der Waals surface area contributed by atoms with Crippen LogP contribution >= 0.6 is 46.6 Å². The minimum absolute atomic E-state index is 0.00127. The molecule has 0 bridgehead atoms. The standard InChI is InChI=1S/C22H25Cl3N2O3S2/c23-19-4-1-16(2-5-19)14-31-12-9-26-22(28)18-7-10-27(11-8-18)32(29,30)15-17-3-6-20(24)21(25)13-17/h1-6,13,18H,7-12,14-15H2,(H,26,28). The number of nitrogens with one attached hydrogen (secondary N) is 1. The Labute approximate surface area is 208 Å². The second-order valence-electron chi connectivity index (χ2n) is 7.65. The number of hydrogen-bond donors (Lipinski definition) is 1. The van der Waals surface area contributed by atoms with Crippen LogP contribution < -0.4 is 5.32 Å². The lowest BCUT2D eigenvalue weighted by molar-refractivity contribution is -0.125. The fourth-order valence-corrected chi connectivity index (χ4v) is 6.30. The van der Waals surface area contributed by atoms with Crippen LogP contribution in [0.15, 0.2) is 42.5 Å². The molecule has 0 spiro atoms. The molecule has 2 aromatic carbocycles. The lowest BCUT2D eigenvalue weighted by Gasteiger charge is -2.30. The lowest BCUT2D eigenvalue weighted by Crippen LogP contribution is -2.43. The van der Waals surface area contributed by atoms with Gasteiger partial charge in [-0.1, -0.05) is 53.0 Å². The van der Waals surface area contributed by atoms with Crippen LogP contribution in [0.3, 0.4) is 0 Å². The van der Waals surface area contributed by atoms with Crippen LogP contribution in [0.2, 0.25) is 15.1 Å². The predicted octanol–water partition coefficient (Wildman–Crippen LogP) is 5.24. The molecule has 1 N–H and O–H groups in total. The summed E-state index contributed by atoms with van der Waals surface area (Å²) in [7, 11) is -3.48. The summed E-state index contributed by atoms with van der Waals surface area (Å²) in [5.74, 6) is 1.38. The topological polar surface area (TPSA) is 66.5 Å². The first kappa shape index (κ1) is 25.7. The number of nitrogens with zero attached hydrogens (tertiary/aromatic N) is 1. The first-order valence-corrected chi connectivity index (χ1v) is 14.2. The summed E-state index contributed by atoms with van der Waals surface area (Å²) in [5, 5.41) is 4.42. The van der Waals surface area contributed by atoms with Crippen molar-refractivity contribution in [3.8, 4) is 0 Å². The molecular formula is C22H25Cl3N2O3S2. The molecule has 1 fully saturated rings. The Morgan fingerprint density at radius 2 is 1.66 bits per heavy atom. The van der Waals surface area contributed by atoms with Crippen molar-refractivity contribution in [1.82, 2.24) is 9.62 Å². The van der Waals surface area contributed by atoms with Crippen molar-refractivity contribution in [2.75, 3.05) is 25.4 Å². The summed E-state index contributed by atoms with van der Waals surface area (Å²) >= 11 is 19.5. The number of carbonyl (C=O) groups excluding carboxylic acids is 1. The summed E-state index contributed by atoms with van der Waals surface area (Å²) in [4.78, 5) is 12.5. The van der Waals surface area contributed by atoms with Gasteiger partial charge in [0.1, 0.15) is 0 Å². The van der Waals surface area contributed by atoms with Crippen molar-refractivity contribution in [2.45, 2.75) is 24.3 Å². The molecule has 0 radical (unpaired) electrons. The molecule has 0 saturated carbocycles. The Hall–Kier alpha value is -0.960. The molecule has 0 aliphatic carbocycles. The van der Waals surface area contributed by atoms with E-state index in [1.807, 2.05) is 24.3 Å². The zero-order valence-electron chi connectivity index (χ0n) is 17.4. The first-order chi connectivity index (χ1) is 15.2. The molecule has 0 aromatic heterocycles. The maximum atomic E-state index is 12.7. The van der Waals surface area contributed by atoms with Gasteiger partial charge in [-0.05, 0) is 48.2 Å². The van der Waals surface area contributed by atoms with E-state index in [-0.39, 0.29) is 17.6 Å². The van der Waals surface area contributed by atoms with Gasteiger partial charge in [-0.2, -0.15) is 11.8 Å². The monoisotopic (exact) mass is 534 g/mol. The summed E-state index contributed by atoms with van der Waals surface area (Å²) < 4.78 is 27.0. The van der Waals surface area contributed by atoms with Crippen LogP contribution in [0.5, 0.6) is 0 Å². The number of rotatable bonds is 9. The number of halogens is 3. The Morgan fingerprint density at radius 1 is 1.00 bits per heavy atom. The Kier molecular flexibility index (Phi) is 9.58. The van der Waals surface area contributed by atoms with Gasteiger partial charge in [0, 0.05) is 42.1 Å². The quantitative estimate of drug-likeness (QED) is 0.446.